The second-order valence-corrected chi connectivity index (χ2v) is 4.30. The lowest BCUT2D eigenvalue weighted by atomic mass is 10.3. The average molecular weight is 259 g/mol. The Labute approximate surface area is 111 Å². The fraction of sp³-hybridized carbons (Fsp3) is 0.0769. The number of hydrogen-bond donors (Lipinski definition) is 3. The summed E-state index contributed by atoms with van der Waals surface area (Å²) in [6.07, 6.45) is 1.70. The van der Waals surface area contributed by atoms with Crippen LogP contribution in [0.2, 0.25) is 0 Å². The fourth-order valence-corrected chi connectivity index (χ4v) is 1.61. The number of thiol groups is 1. The lowest BCUT2D eigenvalue weighted by Gasteiger charge is -2.08. The van der Waals surface area contributed by atoms with E-state index in [1.54, 1.807) is 18.3 Å². The van der Waals surface area contributed by atoms with Crippen molar-refractivity contribution in [2.75, 3.05) is 10.6 Å². The van der Waals surface area contributed by atoms with Crippen LogP contribution >= 0.6 is 12.6 Å². The molecule has 18 heavy (non-hydrogen) atoms. The third-order valence-corrected chi connectivity index (χ3v) is 2.70. The monoisotopic (exact) mass is 259 g/mol. The maximum absolute atomic E-state index is 11.7. The lowest BCUT2D eigenvalue weighted by molar-refractivity contribution is 0.262. The highest BCUT2D eigenvalue weighted by atomic mass is 32.1. The van der Waals surface area contributed by atoms with E-state index < -0.39 is 0 Å². The number of para-hydroxylation sites is 1. The van der Waals surface area contributed by atoms with Crippen molar-refractivity contribution in [1.82, 2.24) is 4.98 Å². The number of pyridine rings is 1. The lowest BCUT2D eigenvalue weighted by Crippen LogP contribution is -2.20. The molecular weight excluding hydrogens is 246 g/mol. The number of urea groups is 1. The minimum atomic E-state index is -0.340. The summed E-state index contributed by atoms with van der Waals surface area (Å²) < 4.78 is 0. The van der Waals surface area contributed by atoms with Gasteiger partial charge in [-0.3, -0.25) is 5.32 Å². The molecule has 2 N–H and O–H groups in total. The number of amides is 2. The molecule has 0 atom stereocenters. The van der Waals surface area contributed by atoms with Crippen LogP contribution in [-0.2, 0) is 0 Å². The van der Waals surface area contributed by atoms with Crippen molar-refractivity contribution >= 4 is 30.2 Å². The summed E-state index contributed by atoms with van der Waals surface area (Å²) in [4.78, 5) is 16.5. The number of benzene rings is 1. The van der Waals surface area contributed by atoms with Crippen LogP contribution in [0.5, 0.6) is 0 Å². The van der Waals surface area contributed by atoms with E-state index >= 15 is 0 Å². The summed E-state index contributed by atoms with van der Waals surface area (Å²) in [5.41, 5.74) is 1.70. The molecule has 2 rings (SSSR count). The largest absolute Gasteiger partial charge is 0.324 e. The Morgan fingerprint density at radius 2 is 1.94 bits per heavy atom. The number of anilines is 2. The molecule has 0 aliphatic carbocycles. The normalized spacial score (nSPS) is 9.89. The highest BCUT2D eigenvalue weighted by Gasteiger charge is 2.04. The Hall–Kier alpha value is -2.01. The number of nitrogens with zero attached hydrogens (tertiary/aromatic N) is 1. The molecule has 0 aliphatic heterocycles. The van der Waals surface area contributed by atoms with Gasteiger partial charge in [-0.05, 0) is 30.7 Å². The molecule has 0 saturated carbocycles. The topological polar surface area (TPSA) is 54.0 Å². The zero-order valence-corrected chi connectivity index (χ0v) is 10.7. The predicted octanol–water partition coefficient (Wildman–Crippen LogP) is 3.32. The summed E-state index contributed by atoms with van der Waals surface area (Å²) in [5.74, 6) is 0.509. The zero-order valence-electron chi connectivity index (χ0n) is 9.84. The van der Waals surface area contributed by atoms with Gasteiger partial charge < -0.3 is 5.32 Å². The van der Waals surface area contributed by atoms with Crippen molar-refractivity contribution in [2.24, 2.45) is 0 Å². The Bertz CT molecular complexity index is 554. The highest BCUT2D eigenvalue weighted by Crippen LogP contribution is 2.18. The van der Waals surface area contributed by atoms with Gasteiger partial charge in [0.25, 0.3) is 0 Å². The van der Waals surface area contributed by atoms with Gasteiger partial charge in [0.05, 0.1) is 5.69 Å². The number of carbonyl (C=O) groups is 1. The Kier molecular flexibility index (Phi) is 3.84. The van der Waals surface area contributed by atoms with Crippen molar-refractivity contribution < 1.29 is 4.79 Å². The van der Waals surface area contributed by atoms with Crippen molar-refractivity contribution in [3.8, 4) is 0 Å². The Morgan fingerprint density at radius 3 is 2.61 bits per heavy atom. The predicted molar refractivity (Wildman–Crippen MR) is 75.3 cm³/mol. The van der Waals surface area contributed by atoms with Crippen LogP contribution in [0.4, 0.5) is 16.3 Å². The molecule has 1 aromatic heterocycles. The molecule has 0 fully saturated rings. The molecule has 0 spiro atoms. The van der Waals surface area contributed by atoms with Gasteiger partial charge in [-0.1, -0.05) is 18.2 Å². The number of nitrogens with one attached hydrogen (secondary N) is 2. The molecule has 0 aliphatic rings. The van der Waals surface area contributed by atoms with E-state index in [1.807, 2.05) is 31.2 Å². The maximum Gasteiger partial charge on any atom is 0.324 e. The van der Waals surface area contributed by atoms with Crippen molar-refractivity contribution in [2.45, 2.75) is 11.8 Å². The summed E-state index contributed by atoms with van der Waals surface area (Å²) in [7, 11) is 0. The van der Waals surface area contributed by atoms with Crippen molar-refractivity contribution in [3.05, 3.63) is 48.2 Å². The number of hydrogen-bond acceptors (Lipinski definition) is 3. The Balaban J connectivity index is 2.01. The molecule has 0 saturated heterocycles. The molecule has 1 heterocycles. The number of carbonyl (C=O) groups excluding carboxylic acids is 1. The summed E-state index contributed by atoms with van der Waals surface area (Å²) in [6, 6.07) is 10.6. The van der Waals surface area contributed by atoms with Gasteiger partial charge in [0.2, 0.25) is 0 Å². The molecule has 0 unspecified atom stereocenters. The standard InChI is InChI=1S/C13H13N3OS/c1-9-6-7-12(14-8-9)16-13(17)15-10-4-2-3-5-11(10)18/h2-8,18H,1H3,(H2,14,15,16,17). The van der Waals surface area contributed by atoms with Crippen LogP contribution in [0, 0.1) is 6.92 Å². The van der Waals surface area contributed by atoms with Gasteiger partial charge >= 0.3 is 6.03 Å². The van der Waals surface area contributed by atoms with Crippen LogP contribution in [0.25, 0.3) is 0 Å². The van der Waals surface area contributed by atoms with Crippen LogP contribution < -0.4 is 10.6 Å². The summed E-state index contributed by atoms with van der Waals surface area (Å²) >= 11 is 4.25. The van der Waals surface area contributed by atoms with Crippen LogP contribution in [0.15, 0.2) is 47.5 Å². The smallest absolute Gasteiger partial charge is 0.307 e. The first-order valence-electron chi connectivity index (χ1n) is 5.44. The number of aromatic nitrogens is 1. The minimum absolute atomic E-state index is 0.340. The van der Waals surface area contributed by atoms with Crippen molar-refractivity contribution in [1.29, 1.82) is 0 Å². The van der Waals surface area contributed by atoms with E-state index in [4.69, 9.17) is 0 Å². The Morgan fingerprint density at radius 1 is 1.17 bits per heavy atom. The zero-order chi connectivity index (χ0) is 13.0. The van der Waals surface area contributed by atoms with Crippen molar-refractivity contribution in [3.63, 3.8) is 0 Å². The summed E-state index contributed by atoms with van der Waals surface area (Å²) in [5, 5.41) is 5.36. The molecule has 0 radical (unpaired) electrons. The molecule has 92 valence electrons. The van der Waals surface area contributed by atoms with Gasteiger partial charge in [-0.15, -0.1) is 12.6 Å². The van der Waals surface area contributed by atoms with E-state index in [0.717, 1.165) is 5.56 Å². The second kappa shape index (κ2) is 5.55. The van der Waals surface area contributed by atoms with E-state index in [1.165, 1.54) is 0 Å². The minimum Gasteiger partial charge on any atom is -0.307 e. The molecule has 1 aromatic carbocycles. The maximum atomic E-state index is 11.7. The first kappa shape index (κ1) is 12.4. The molecule has 2 amide bonds. The molecular formula is C13H13N3OS. The highest BCUT2D eigenvalue weighted by molar-refractivity contribution is 7.80. The van der Waals surface area contributed by atoms with Crippen LogP contribution in [-0.4, -0.2) is 11.0 Å². The van der Waals surface area contributed by atoms with Gasteiger partial charge in [-0.25, -0.2) is 9.78 Å². The first-order chi connectivity index (χ1) is 8.65. The fourth-order valence-electron chi connectivity index (χ4n) is 1.39. The first-order valence-corrected chi connectivity index (χ1v) is 5.88. The number of aryl methyl sites for hydroxylation is 1. The number of rotatable bonds is 2. The molecule has 2 aromatic rings. The van der Waals surface area contributed by atoms with E-state index in [2.05, 4.69) is 28.2 Å². The van der Waals surface area contributed by atoms with Crippen LogP contribution in [0.3, 0.4) is 0 Å². The quantitative estimate of drug-likeness (QED) is 0.725. The SMILES string of the molecule is Cc1ccc(NC(=O)Nc2ccccc2S)nc1. The summed E-state index contributed by atoms with van der Waals surface area (Å²) in [6.45, 7) is 1.94. The van der Waals surface area contributed by atoms with E-state index in [0.29, 0.717) is 16.4 Å². The van der Waals surface area contributed by atoms with Gasteiger partial charge in [-0.2, -0.15) is 0 Å². The molecule has 5 heteroatoms. The van der Waals surface area contributed by atoms with Gasteiger partial charge in [0.1, 0.15) is 5.82 Å². The third kappa shape index (κ3) is 3.24. The van der Waals surface area contributed by atoms with Gasteiger partial charge in [0.15, 0.2) is 0 Å². The molecule has 0 bridgehead atoms. The average Bonchev–Trinajstić information content (AvgIpc) is 2.35. The van der Waals surface area contributed by atoms with E-state index in [-0.39, 0.29) is 6.03 Å². The van der Waals surface area contributed by atoms with E-state index in [9.17, 15) is 4.79 Å². The van der Waals surface area contributed by atoms with Gasteiger partial charge in [0, 0.05) is 11.1 Å². The van der Waals surface area contributed by atoms with Crippen LogP contribution in [0.1, 0.15) is 5.56 Å². The second-order valence-electron chi connectivity index (χ2n) is 3.82. The third-order valence-electron chi connectivity index (χ3n) is 2.31. The molecule has 4 nitrogen and oxygen atoms in total.